The summed E-state index contributed by atoms with van der Waals surface area (Å²) in [5, 5.41) is 9.22. The molecule has 0 spiro atoms. The molecule has 1 unspecified atom stereocenters. The summed E-state index contributed by atoms with van der Waals surface area (Å²) in [7, 11) is 0. The van der Waals surface area contributed by atoms with Crippen LogP contribution < -0.4 is 9.47 Å². The van der Waals surface area contributed by atoms with Gasteiger partial charge in [-0.05, 0) is 49.6 Å². The largest absolute Gasteiger partial charge is 0.492 e. The Morgan fingerprint density at radius 1 is 0.902 bits per heavy atom. The summed E-state index contributed by atoms with van der Waals surface area (Å²) in [5.41, 5.74) is -0.427. The molecular weight excluding hydrogens is 560 g/mol. The summed E-state index contributed by atoms with van der Waals surface area (Å²) in [6.07, 6.45) is -10.9. The predicted octanol–water partition coefficient (Wildman–Crippen LogP) is 7.13. The number of hydrogen-bond acceptors (Lipinski definition) is 5. The van der Waals surface area contributed by atoms with Gasteiger partial charge in [-0.25, -0.2) is 9.59 Å². The van der Waals surface area contributed by atoms with Crippen molar-refractivity contribution in [3.63, 3.8) is 0 Å². The standard InChI is InChI=1S/C28H33F6NO6/c1-2-39-24(25(36)37)19-20-11-13-21(14-12-20)40-18-17-35(16-8-4-3-7-15-27(29,30)31)26(38)41-23-10-6-5-9-22(23)28(32,33)34/h5-6,9-14,24H,2-4,7-8,15-19H2,1H3,(H,36,37). The molecule has 2 aromatic rings. The quantitative estimate of drug-likeness (QED) is 0.165. The van der Waals surface area contributed by atoms with E-state index in [1.165, 1.54) is 6.07 Å². The highest BCUT2D eigenvalue weighted by molar-refractivity contribution is 5.72. The first-order chi connectivity index (χ1) is 19.3. The van der Waals surface area contributed by atoms with Gasteiger partial charge in [0.2, 0.25) is 0 Å². The first-order valence-corrected chi connectivity index (χ1v) is 13.1. The van der Waals surface area contributed by atoms with Crippen molar-refractivity contribution >= 4 is 12.1 Å². The third-order valence-corrected chi connectivity index (χ3v) is 5.90. The van der Waals surface area contributed by atoms with Gasteiger partial charge >= 0.3 is 24.4 Å². The summed E-state index contributed by atoms with van der Waals surface area (Å²) in [6, 6.07) is 10.8. The van der Waals surface area contributed by atoms with E-state index in [4.69, 9.17) is 14.2 Å². The van der Waals surface area contributed by atoms with E-state index >= 15 is 0 Å². The van der Waals surface area contributed by atoms with Crippen molar-refractivity contribution < 1.29 is 55.2 Å². The van der Waals surface area contributed by atoms with Crippen molar-refractivity contribution in [1.29, 1.82) is 0 Å². The highest BCUT2D eigenvalue weighted by atomic mass is 19.4. The lowest BCUT2D eigenvalue weighted by Gasteiger charge is -2.23. The number of rotatable bonds is 16. The maximum absolute atomic E-state index is 13.3. The molecule has 7 nitrogen and oxygen atoms in total. The molecule has 1 atom stereocenters. The molecule has 2 aromatic carbocycles. The number of carbonyl (C=O) groups is 2. The molecule has 0 heterocycles. The maximum atomic E-state index is 13.3. The third-order valence-electron chi connectivity index (χ3n) is 5.90. The Balaban J connectivity index is 1.99. The van der Waals surface area contributed by atoms with Crippen LogP contribution in [0, 0.1) is 0 Å². The minimum Gasteiger partial charge on any atom is -0.492 e. The van der Waals surface area contributed by atoms with Gasteiger partial charge < -0.3 is 24.2 Å². The van der Waals surface area contributed by atoms with Gasteiger partial charge in [0, 0.05) is 26.0 Å². The van der Waals surface area contributed by atoms with Crippen LogP contribution in [0.25, 0.3) is 0 Å². The third kappa shape index (κ3) is 12.7. The monoisotopic (exact) mass is 593 g/mol. The van der Waals surface area contributed by atoms with E-state index in [2.05, 4.69) is 0 Å². The number of amides is 1. The number of ether oxygens (including phenoxy) is 3. The second-order valence-corrected chi connectivity index (χ2v) is 9.11. The number of nitrogens with zero attached hydrogens (tertiary/aromatic N) is 1. The number of carbonyl (C=O) groups excluding carboxylic acids is 1. The number of aliphatic carboxylic acids is 1. The number of hydrogen-bond donors (Lipinski definition) is 1. The van der Waals surface area contributed by atoms with Crippen LogP contribution in [0.2, 0.25) is 0 Å². The first-order valence-electron chi connectivity index (χ1n) is 13.1. The van der Waals surface area contributed by atoms with Crippen LogP contribution in [0.1, 0.15) is 50.2 Å². The van der Waals surface area contributed by atoms with E-state index in [1.807, 2.05) is 0 Å². The molecule has 228 valence electrons. The van der Waals surface area contributed by atoms with Gasteiger partial charge in [0.15, 0.2) is 6.10 Å². The van der Waals surface area contributed by atoms with E-state index in [0.29, 0.717) is 24.2 Å². The lowest BCUT2D eigenvalue weighted by Crippen LogP contribution is -2.37. The zero-order valence-electron chi connectivity index (χ0n) is 22.5. The molecule has 13 heteroatoms. The van der Waals surface area contributed by atoms with Gasteiger partial charge in [0.1, 0.15) is 18.1 Å². The minimum absolute atomic E-state index is 0.0370. The normalized spacial score (nSPS) is 12.6. The van der Waals surface area contributed by atoms with Crippen LogP contribution in [-0.2, 0) is 22.1 Å². The molecule has 0 saturated heterocycles. The van der Waals surface area contributed by atoms with E-state index < -0.39 is 48.3 Å². The fourth-order valence-corrected chi connectivity index (χ4v) is 3.85. The van der Waals surface area contributed by atoms with Crippen molar-refractivity contribution in [3.8, 4) is 11.5 Å². The smallest absolute Gasteiger partial charge is 0.419 e. The van der Waals surface area contributed by atoms with Gasteiger partial charge in [0.25, 0.3) is 0 Å². The number of alkyl halides is 6. The highest BCUT2D eigenvalue weighted by Gasteiger charge is 2.35. The maximum Gasteiger partial charge on any atom is 0.419 e. The lowest BCUT2D eigenvalue weighted by atomic mass is 10.1. The van der Waals surface area contributed by atoms with E-state index in [1.54, 1.807) is 31.2 Å². The molecule has 1 amide bonds. The van der Waals surface area contributed by atoms with Crippen LogP contribution in [0.4, 0.5) is 31.1 Å². The Morgan fingerprint density at radius 3 is 2.17 bits per heavy atom. The molecule has 1 N–H and O–H groups in total. The average Bonchev–Trinajstić information content (AvgIpc) is 2.89. The summed E-state index contributed by atoms with van der Waals surface area (Å²) < 4.78 is 92.9. The molecule has 0 aromatic heterocycles. The van der Waals surface area contributed by atoms with Gasteiger partial charge in [-0.15, -0.1) is 0 Å². The van der Waals surface area contributed by atoms with Gasteiger partial charge in [-0.2, -0.15) is 26.3 Å². The van der Waals surface area contributed by atoms with Crippen molar-refractivity contribution in [3.05, 3.63) is 59.7 Å². The molecule has 0 aliphatic carbocycles. The van der Waals surface area contributed by atoms with Crippen LogP contribution in [0.5, 0.6) is 11.5 Å². The van der Waals surface area contributed by atoms with Crippen LogP contribution in [0.15, 0.2) is 48.5 Å². The molecule has 0 fully saturated rings. The zero-order valence-corrected chi connectivity index (χ0v) is 22.5. The molecule has 0 radical (unpaired) electrons. The van der Waals surface area contributed by atoms with Crippen molar-refractivity contribution in [2.75, 3.05) is 26.3 Å². The number of unbranched alkanes of at least 4 members (excludes halogenated alkanes) is 3. The zero-order chi connectivity index (χ0) is 30.5. The average molecular weight is 594 g/mol. The molecule has 0 saturated carbocycles. The number of para-hydroxylation sites is 1. The number of carboxylic acid groups (broad SMARTS) is 1. The van der Waals surface area contributed by atoms with Crippen LogP contribution in [0.3, 0.4) is 0 Å². The van der Waals surface area contributed by atoms with Crippen LogP contribution >= 0.6 is 0 Å². The fraction of sp³-hybridized carbons (Fsp3) is 0.500. The van der Waals surface area contributed by atoms with Crippen molar-refractivity contribution in [2.45, 2.75) is 63.9 Å². The second-order valence-electron chi connectivity index (χ2n) is 9.11. The SMILES string of the molecule is CCOC(Cc1ccc(OCCN(CCCCCCC(F)(F)F)C(=O)Oc2ccccc2C(F)(F)F)cc1)C(=O)O. The van der Waals surface area contributed by atoms with Gasteiger partial charge in [0.05, 0.1) is 12.1 Å². The summed E-state index contributed by atoms with van der Waals surface area (Å²) in [4.78, 5) is 25.2. The van der Waals surface area contributed by atoms with E-state index in [9.17, 15) is 41.0 Å². The Hall–Kier alpha value is -3.48. The lowest BCUT2D eigenvalue weighted by molar-refractivity contribution is -0.150. The summed E-state index contributed by atoms with van der Waals surface area (Å²) in [5.74, 6) is -1.35. The molecule has 0 bridgehead atoms. The molecule has 2 rings (SSSR count). The second kappa shape index (κ2) is 16.1. The highest BCUT2D eigenvalue weighted by Crippen LogP contribution is 2.36. The Kier molecular flexibility index (Phi) is 13.2. The predicted molar refractivity (Wildman–Crippen MR) is 137 cm³/mol. The molecule has 41 heavy (non-hydrogen) atoms. The Labute approximate surface area is 234 Å². The number of carboxylic acids is 1. The molecule has 0 aliphatic rings. The van der Waals surface area contributed by atoms with Gasteiger partial charge in [-0.1, -0.05) is 37.1 Å². The molecular formula is C28H33F6NO6. The van der Waals surface area contributed by atoms with Gasteiger partial charge in [-0.3, -0.25) is 0 Å². The molecule has 0 aliphatic heterocycles. The van der Waals surface area contributed by atoms with E-state index in [0.717, 1.165) is 23.1 Å². The van der Waals surface area contributed by atoms with Crippen LogP contribution in [-0.4, -0.2) is 60.7 Å². The summed E-state index contributed by atoms with van der Waals surface area (Å²) >= 11 is 0. The fourth-order valence-electron chi connectivity index (χ4n) is 3.85. The first kappa shape index (κ1) is 33.7. The Bertz CT molecular complexity index is 1090. The minimum atomic E-state index is -4.75. The van der Waals surface area contributed by atoms with Crippen molar-refractivity contribution in [1.82, 2.24) is 4.90 Å². The number of benzene rings is 2. The Morgan fingerprint density at radius 2 is 1.56 bits per heavy atom. The number of halogens is 6. The summed E-state index contributed by atoms with van der Waals surface area (Å²) in [6.45, 7) is 1.85. The van der Waals surface area contributed by atoms with Crippen molar-refractivity contribution in [2.24, 2.45) is 0 Å². The topological polar surface area (TPSA) is 85.3 Å². The van der Waals surface area contributed by atoms with E-state index in [-0.39, 0.29) is 45.6 Å².